The van der Waals surface area contributed by atoms with Crippen LogP contribution in [0.15, 0.2) is 46.0 Å². The quantitative estimate of drug-likeness (QED) is 0.328. The van der Waals surface area contributed by atoms with Crippen molar-refractivity contribution < 1.29 is 26.3 Å². The van der Waals surface area contributed by atoms with Crippen LogP contribution in [0.2, 0.25) is 0 Å². The van der Waals surface area contributed by atoms with Crippen LogP contribution in [-0.2, 0) is 0 Å². The van der Waals surface area contributed by atoms with Gasteiger partial charge < -0.3 is 0 Å². The summed E-state index contributed by atoms with van der Waals surface area (Å²) in [4.78, 5) is 0. The van der Waals surface area contributed by atoms with E-state index in [1.54, 1.807) is 19.1 Å². The number of halogens is 7. The minimum absolute atomic E-state index is 0.400. The summed E-state index contributed by atoms with van der Waals surface area (Å²) in [6, 6.07) is 1.45. The molecule has 142 valence electrons. The molecule has 0 saturated heterocycles. The lowest BCUT2D eigenvalue weighted by atomic mass is 9.97. The van der Waals surface area contributed by atoms with Crippen molar-refractivity contribution in [1.29, 1.82) is 0 Å². The molecule has 0 nitrogen and oxygen atoms in total. The topological polar surface area (TPSA) is 0 Å². The van der Waals surface area contributed by atoms with Crippen molar-refractivity contribution in [3.63, 3.8) is 0 Å². The summed E-state index contributed by atoms with van der Waals surface area (Å²) < 4.78 is 80.5. The van der Waals surface area contributed by atoms with Crippen LogP contribution in [-0.4, -0.2) is 11.9 Å². The zero-order valence-corrected chi connectivity index (χ0v) is 16.0. The van der Waals surface area contributed by atoms with Crippen LogP contribution in [0.4, 0.5) is 26.3 Å². The fourth-order valence-electron chi connectivity index (χ4n) is 2.53. The molecule has 1 aromatic carbocycles. The maximum Gasteiger partial charge on any atom is 0.389 e. The third kappa shape index (κ3) is 5.42. The normalized spacial score (nSPS) is 16.5. The van der Waals surface area contributed by atoms with Crippen molar-refractivity contribution >= 4 is 27.7 Å². The molecule has 1 atom stereocenters. The molecule has 1 aliphatic carbocycles. The second-order valence-electron chi connectivity index (χ2n) is 5.68. The molecule has 0 aliphatic heterocycles. The molecule has 1 aliphatic rings. The van der Waals surface area contributed by atoms with E-state index in [2.05, 4.69) is 15.9 Å². The van der Waals surface area contributed by atoms with E-state index in [0.29, 0.717) is 23.6 Å². The molecule has 0 heterocycles. The Morgan fingerprint density at radius 2 is 1.77 bits per heavy atom. The van der Waals surface area contributed by atoms with Gasteiger partial charge in [0.15, 0.2) is 11.6 Å². The highest BCUT2D eigenvalue weighted by Gasteiger charge is 2.31. The Balaban J connectivity index is 2.45. The minimum atomic E-state index is -4.39. The molecule has 0 aromatic heterocycles. The van der Waals surface area contributed by atoms with Crippen molar-refractivity contribution in [2.24, 2.45) is 0 Å². The average Bonchev–Trinajstić information content (AvgIpc) is 2.69. The zero-order valence-electron chi connectivity index (χ0n) is 13.6. The summed E-state index contributed by atoms with van der Waals surface area (Å²) in [6.45, 7) is 1.69. The molecule has 8 heteroatoms. The number of benzene rings is 1. The van der Waals surface area contributed by atoms with Gasteiger partial charge in [0.25, 0.3) is 0 Å². The van der Waals surface area contributed by atoms with Crippen molar-refractivity contribution in [2.45, 2.75) is 31.2 Å². The smallest absolute Gasteiger partial charge is 0.207 e. The number of allylic oxidation sites excluding steroid dienone is 5. The van der Waals surface area contributed by atoms with Gasteiger partial charge in [0.05, 0.1) is 11.7 Å². The summed E-state index contributed by atoms with van der Waals surface area (Å²) in [5, 5.41) is -1.09. The molecule has 1 unspecified atom stereocenters. The van der Waals surface area contributed by atoms with E-state index in [-0.39, 0.29) is 0 Å². The maximum atomic E-state index is 14.3. The highest BCUT2D eigenvalue weighted by Crippen LogP contribution is 2.44. The highest BCUT2D eigenvalue weighted by molar-refractivity contribution is 9.11. The van der Waals surface area contributed by atoms with Crippen LogP contribution in [0, 0.1) is 17.5 Å². The Morgan fingerprint density at radius 1 is 1.12 bits per heavy atom. The molecule has 0 saturated carbocycles. The van der Waals surface area contributed by atoms with E-state index in [1.807, 2.05) is 6.08 Å². The first-order valence-electron chi connectivity index (χ1n) is 7.66. The lowest BCUT2D eigenvalue weighted by Gasteiger charge is -2.23. The predicted molar refractivity (Wildman–Crippen MR) is 95.7 cm³/mol. The first-order chi connectivity index (χ1) is 12.1. The van der Waals surface area contributed by atoms with Gasteiger partial charge in [0.1, 0.15) is 5.82 Å². The average molecular weight is 457 g/mol. The highest BCUT2D eigenvalue weighted by atomic mass is 79.9. The number of alkyl halides is 3. The number of hydrogen-bond donors (Lipinski definition) is 0. The second-order valence-corrected chi connectivity index (χ2v) is 7.81. The van der Waals surface area contributed by atoms with Gasteiger partial charge in [-0.05, 0) is 42.7 Å². The van der Waals surface area contributed by atoms with E-state index in [0.717, 1.165) is 22.3 Å². The van der Waals surface area contributed by atoms with Gasteiger partial charge in [-0.3, -0.25) is 0 Å². The number of rotatable bonds is 5. The van der Waals surface area contributed by atoms with E-state index in [4.69, 9.17) is 0 Å². The predicted octanol–water partition coefficient (Wildman–Crippen LogP) is 7.39. The van der Waals surface area contributed by atoms with Crippen LogP contribution in [0.25, 0.3) is 0 Å². The van der Waals surface area contributed by atoms with Gasteiger partial charge >= 0.3 is 6.18 Å². The van der Waals surface area contributed by atoms with Crippen LogP contribution in [0.5, 0.6) is 0 Å². The number of thioether (sulfide) groups is 1. The lowest BCUT2D eigenvalue weighted by molar-refractivity contribution is -0.129. The fourth-order valence-corrected chi connectivity index (χ4v) is 4.49. The van der Waals surface area contributed by atoms with Gasteiger partial charge in [-0.15, -0.1) is 11.8 Å². The monoisotopic (exact) mass is 456 g/mol. The van der Waals surface area contributed by atoms with Crippen molar-refractivity contribution in [1.82, 2.24) is 0 Å². The summed E-state index contributed by atoms with van der Waals surface area (Å²) in [5.74, 6) is -4.00. The van der Waals surface area contributed by atoms with Crippen molar-refractivity contribution in [2.75, 3.05) is 5.75 Å². The molecule has 0 amide bonds. The van der Waals surface area contributed by atoms with Gasteiger partial charge in [-0.25, -0.2) is 13.2 Å². The van der Waals surface area contributed by atoms with Crippen LogP contribution >= 0.6 is 27.7 Å². The summed E-state index contributed by atoms with van der Waals surface area (Å²) in [5.41, 5.74) is 0.540. The molecular formula is C18H15BrF6S. The molecule has 26 heavy (non-hydrogen) atoms. The van der Waals surface area contributed by atoms with Gasteiger partial charge in [0.2, 0.25) is 0 Å². The Hall–Kier alpha value is -1.15. The molecule has 0 spiro atoms. The summed E-state index contributed by atoms with van der Waals surface area (Å²) in [7, 11) is 0. The summed E-state index contributed by atoms with van der Waals surface area (Å²) >= 11 is 4.06. The maximum absolute atomic E-state index is 14.3. The van der Waals surface area contributed by atoms with Crippen LogP contribution in [0.1, 0.15) is 30.6 Å². The van der Waals surface area contributed by atoms with Crippen molar-refractivity contribution in [3.8, 4) is 0 Å². The molecule has 0 radical (unpaired) electrons. The Bertz CT molecular complexity index is 764. The van der Waals surface area contributed by atoms with Crippen molar-refractivity contribution in [3.05, 3.63) is 69.0 Å². The SMILES string of the molecule is CC1=CC(Br)=CCC=C1C(SCCC(F)(F)F)c1c(F)ccc(F)c1F. The summed E-state index contributed by atoms with van der Waals surface area (Å²) in [6.07, 6.45) is 0.153. The van der Waals surface area contributed by atoms with Gasteiger partial charge in [-0.1, -0.05) is 28.1 Å². The van der Waals surface area contributed by atoms with E-state index >= 15 is 0 Å². The van der Waals surface area contributed by atoms with Crippen LogP contribution < -0.4 is 0 Å². The standard InChI is InChI=1S/C18H15BrF6S/c1-10-9-11(19)3-2-4-12(10)17(26-8-7-18(23,24)25)15-13(20)5-6-14(21)16(15)22/h3-6,9,17H,2,7-8H2,1H3. The first kappa shape index (κ1) is 21.2. The Labute approximate surface area is 160 Å². The lowest BCUT2D eigenvalue weighted by Crippen LogP contribution is -2.12. The minimum Gasteiger partial charge on any atom is -0.207 e. The third-order valence-corrected chi connectivity index (χ3v) is 5.57. The second kappa shape index (κ2) is 8.69. The third-order valence-electron chi connectivity index (χ3n) is 3.75. The molecule has 1 aromatic rings. The molecular weight excluding hydrogens is 442 g/mol. The Kier molecular flexibility index (Phi) is 7.07. The molecule has 0 fully saturated rings. The molecule has 2 rings (SSSR count). The first-order valence-corrected chi connectivity index (χ1v) is 9.50. The fraction of sp³-hybridized carbons (Fsp3) is 0.333. The zero-order chi connectivity index (χ0) is 19.5. The Morgan fingerprint density at radius 3 is 2.42 bits per heavy atom. The molecule has 0 N–H and O–H groups in total. The van der Waals surface area contributed by atoms with E-state index in [9.17, 15) is 26.3 Å². The van der Waals surface area contributed by atoms with Gasteiger partial charge in [-0.2, -0.15) is 13.2 Å². The van der Waals surface area contributed by atoms with Gasteiger partial charge in [0, 0.05) is 15.8 Å². The number of hydrogen-bond acceptors (Lipinski definition) is 1. The molecule has 0 bridgehead atoms. The largest absolute Gasteiger partial charge is 0.389 e. The van der Waals surface area contributed by atoms with E-state index in [1.165, 1.54) is 0 Å². The van der Waals surface area contributed by atoms with E-state index < -0.39 is 46.6 Å². The van der Waals surface area contributed by atoms with Crippen LogP contribution in [0.3, 0.4) is 0 Å².